The molecule has 1 atom stereocenters. The fraction of sp³-hybridized carbons (Fsp3) is 0.857. The molecule has 0 saturated carbocycles. The maximum atomic E-state index is 12.0. The molecule has 2 amide bonds. The summed E-state index contributed by atoms with van der Waals surface area (Å²) in [6, 6.07) is -0.136. The number of hydrogen-bond donors (Lipinski definition) is 2. The highest BCUT2D eigenvalue weighted by Crippen LogP contribution is 2.16. The zero-order chi connectivity index (χ0) is 15.0. The van der Waals surface area contributed by atoms with Gasteiger partial charge in [-0.15, -0.1) is 0 Å². The van der Waals surface area contributed by atoms with Crippen molar-refractivity contribution in [3.8, 4) is 0 Å². The lowest BCUT2D eigenvalue weighted by Crippen LogP contribution is -2.48. The van der Waals surface area contributed by atoms with Crippen LogP contribution in [0.15, 0.2) is 0 Å². The number of carbonyl (C=O) groups is 2. The zero-order valence-electron chi connectivity index (χ0n) is 12.6. The molecule has 0 aromatic rings. The summed E-state index contributed by atoms with van der Waals surface area (Å²) >= 11 is 0. The van der Waals surface area contributed by atoms with Crippen LogP contribution >= 0.6 is 0 Å². The number of carboxylic acid groups (broad SMARTS) is 1. The van der Waals surface area contributed by atoms with Crippen LogP contribution in [-0.4, -0.2) is 66.2 Å². The fourth-order valence-corrected chi connectivity index (χ4v) is 2.54. The van der Waals surface area contributed by atoms with Gasteiger partial charge in [0.1, 0.15) is 0 Å². The first-order valence-electron chi connectivity index (χ1n) is 7.56. The Bertz CT molecular complexity index is 323. The largest absolute Gasteiger partial charge is 0.481 e. The number of rotatable bonds is 7. The van der Waals surface area contributed by atoms with Gasteiger partial charge < -0.3 is 20.2 Å². The van der Waals surface area contributed by atoms with Crippen molar-refractivity contribution >= 4 is 12.0 Å². The topological polar surface area (TPSA) is 72.9 Å². The third-order valence-electron chi connectivity index (χ3n) is 3.75. The molecule has 0 bridgehead atoms. The normalized spacial score (nSPS) is 19.1. The quantitative estimate of drug-likeness (QED) is 0.738. The Morgan fingerprint density at radius 2 is 2.10 bits per heavy atom. The summed E-state index contributed by atoms with van der Waals surface area (Å²) in [6.45, 7) is 8.70. The number of aliphatic carboxylic acids is 1. The number of piperidine rings is 1. The van der Waals surface area contributed by atoms with Crippen LogP contribution < -0.4 is 5.32 Å². The minimum atomic E-state index is -0.803. The van der Waals surface area contributed by atoms with Crippen molar-refractivity contribution in [2.24, 2.45) is 5.92 Å². The van der Waals surface area contributed by atoms with Crippen LogP contribution in [-0.2, 0) is 4.79 Å². The van der Waals surface area contributed by atoms with Crippen LogP contribution in [0.3, 0.4) is 0 Å². The molecule has 1 aliphatic rings. The van der Waals surface area contributed by atoms with Gasteiger partial charge >= 0.3 is 12.0 Å². The minimum absolute atomic E-state index is 0.136. The molecule has 0 spiro atoms. The van der Waals surface area contributed by atoms with Gasteiger partial charge in [-0.05, 0) is 32.4 Å². The van der Waals surface area contributed by atoms with Crippen LogP contribution in [0, 0.1) is 5.92 Å². The van der Waals surface area contributed by atoms with Gasteiger partial charge in [-0.1, -0.05) is 13.8 Å². The van der Waals surface area contributed by atoms with Crippen LogP contribution in [0.5, 0.6) is 0 Å². The van der Waals surface area contributed by atoms with Crippen LogP contribution in [0.2, 0.25) is 0 Å². The van der Waals surface area contributed by atoms with E-state index in [9.17, 15) is 9.59 Å². The second-order valence-electron chi connectivity index (χ2n) is 5.29. The molecule has 0 aromatic heterocycles. The van der Waals surface area contributed by atoms with Gasteiger partial charge in [-0.25, -0.2) is 4.79 Å². The van der Waals surface area contributed by atoms with Crippen LogP contribution in [0.25, 0.3) is 0 Å². The molecule has 20 heavy (non-hydrogen) atoms. The summed E-state index contributed by atoms with van der Waals surface area (Å²) < 4.78 is 0. The van der Waals surface area contributed by atoms with Gasteiger partial charge in [-0.2, -0.15) is 0 Å². The van der Waals surface area contributed by atoms with Gasteiger partial charge in [0.2, 0.25) is 0 Å². The standard InChI is InChI=1S/C14H27N3O3/c1-3-8-16(4-2)10-7-15-14(20)17-9-5-6-12(11-17)13(18)19/h12H,3-11H2,1-2H3,(H,15,20)(H,18,19)/t12-/m0/s1. The Kier molecular flexibility index (Phi) is 7.36. The Labute approximate surface area is 121 Å². The monoisotopic (exact) mass is 285 g/mol. The summed E-state index contributed by atoms with van der Waals surface area (Å²) in [5.74, 6) is -1.22. The lowest BCUT2D eigenvalue weighted by Gasteiger charge is -2.31. The summed E-state index contributed by atoms with van der Waals surface area (Å²) in [6.07, 6.45) is 2.54. The molecule has 1 fully saturated rings. The summed E-state index contributed by atoms with van der Waals surface area (Å²) in [4.78, 5) is 26.9. The van der Waals surface area contributed by atoms with E-state index in [2.05, 4.69) is 24.1 Å². The predicted octanol–water partition coefficient (Wildman–Crippen LogP) is 1.22. The first-order valence-corrected chi connectivity index (χ1v) is 7.56. The average Bonchev–Trinajstić information content (AvgIpc) is 2.46. The molecular formula is C14H27N3O3. The SMILES string of the molecule is CCCN(CC)CCNC(=O)N1CCC[C@H](C(=O)O)C1. The highest BCUT2D eigenvalue weighted by molar-refractivity contribution is 5.76. The molecule has 0 aromatic carbocycles. The second-order valence-corrected chi connectivity index (χ2v) is 5.29. The Morgan fingerprint density at radius 3 is 2.70 bits per heavy atom. The molecular weight excluding hydrogens is 258 g/mol. The van der Waals surface area contributed by atoms with E-state index in [1.54, 1.807) is 4.90 Å². The molecule has 0 unspecified atom stereocenters. The maximum Gasteiger partial charge on any atom is 0.317 e. The van der Waals surface area contributed by atoms with E-state index in [0.29, 0.717) is 26.1 Å². The van der Waals surface area contributed by atoms with E-state index in [0.717, 1.165) is 32.5 Å². The molecule has 1 rings (SSSR count). The summed E-state index contributed by atoms with van der Waals surface area (Å²) in [5.41, 5.74) is 0. The van der Waals surface area contributed by atoms with E-state index in [4.69, 9.17) is 5.11 Å². The van der Waals surface area contributed by atoms with Gasteiger partial charge in [0.05, 0.1) is 5.92 Å². The molecule has 116 valence electrons. The van der Waals surface area contributed by atoms with Crippen LogP contribution in [0.4, 0.5) is 4.79 Å². The number of hydrogen-bond acceptors (Lipinski definition) is 3. The highest BCUT2D eigenvalue weighted by atomic mass is 16.4. The number of nitrogens with one attached hydrogen (secondary N) is 1. The van der Waals surface area contributed by atoms with E-state index in [1.165, 1.54) is 0 Å². The Hall–Kier alpha value is -1.30. The second kappa shape index (κ2) is 8.79. The molecule has 1 heterocycles. The van der Waals surface area contributed by atoms with E-state index >= 15 is 0 Å². The number of urea groups is 1. The van der Waals surface area contributed by atoms with E-state index in [-0.39, 0.29) is 6.03 Å². The predicted molar refractivity (Wildman–Crippen MR) is 77.7 cm³/mol. The number of likely N-dealkylation sites (N-methyl/N-ethyl adjacent to an activating group) is 1. The third-order valence-corrected chi connectivity index (χ3v) is 3.75. The number of carbonyl (C=O) groups excluding carboxylic acids is 1. The smallest absolute Gasteiger partial charge is 0.317 e. The summed E-state index contributed by atoms with van der Waals surface area (Å²) in [7, 11) is 0. The fourth-order valence-electron chi connectivity index (χ4n) is 2.54. The Balaban J connectivity index is 2.29. The number of amides is 2. The Morgan fingerprint density at radius 1 is 1.35 bits per heavy atom. The lowest BCUT2D eigenvalue weighted by molar-refractivity contribution is -0.143. The van der Waals surface area contributed by atoms with Crippen molar-refractivity contribution in [2.75, 3.05) is 39.3 Å². The summed E-state index contributed by atoms with van der Waals surface area (Å²) in [5, 5.41) is 11.9. The molecule has 0 aliphatic carbocycles. The van der Waals surface area contributed by atoms with Crippen molar-refractivity contribution in [3.05, 3.63) is 0 Å². The van der Waals surface area contributed by atoms with Crippen molar-refractivity contribution in [1.29, 1.82) is 0 Å². The van der Waals surface area contributed by atoms with Crippen molar-refractivity contribution < 1.29 is 14.7 Å². The molecule has 6 nitrogen and oxygen atoms in total. The van der Waals surface area contributed by atoms with E-state index in [1.807, 2.05) is 0 Å². The van der Waals surface area contributed by atoms with Crippen molar-refractivity contribution in [2.45, 2.75) is 33.1 Å². The number of nitrogens with zero attached hydrogens (tertiary/aromatic N) is 2. The molecule has 0 radical (unpaired) electrons. The third kappa shape index (κ3) is 5.36. The number of likely N-dealkylation sites (tertiary alicyclic amines) is 1. The maximum absolute atomic E-state index is 12.0. The average molecular weight is 285 g/mol. The van der Waals surface area contributed by atoms with Gasteiger partial charge in [-0.3, -0.25) is 4.79 Å². The van der Waals surface area contributed by atoms with Gasteiger partial charge in [0.25, 0.3) is 0 Å². The van der Waals surface area contributed by atoms with E-state index < -0.39 is 11.9 Å². The highest BCUT2D eigenvalue weighted by Gasteiger charge is 2.27. The van der Waals surface area contributed by atoms with Crippen LogP contribution in [0.1, 0.15) is 33.1 Å². The molecule has 1 saturated heterocycles. The van der Waals surface area contributed by atoms with Crippen molar-refractivity contribution in [3.63, 3.8) is 0 Å². The lowest BCUT2D eigenvalue weighted by atomic mass is 9.99. The molecule has 1 aliphatic heterocycles. The minimum Gasteiger partial charge on any atom is -0.481 e. The van der Waals surface area contributed by atoms with Crippen molar-refractivity contribution in [1.82, 2.24) is 15.1 Å². The number of carboxylic acids is 1. The van der Waals surface area contributed by atoms with Gasteiger partial charge in [0.15, 0.2) is 0 Å². The first kappa shape index (κ1) is 16.8. The first-order chi connectivity index (χ1) is 9.58. The molecule has 2 N–H and O–H groups in total. The molecule has 6 heteroatoms. The van der Waals surface area contributed by atoms with Gasteiger partial charge in [0, 0.05) is 26.2 Å². The zero-order valence-corrected chi connectivity index (χ0v) is 12.6.